The number of hydrogen-bond acceptors (Lipinski definition) is 3. The van der Waals surface area contributed by atoms with Crippen molar-refractivity contribution in [2.45, 2.75) is 20.0 Å². The van der Waals surface area contributed by atoms with E-state index in [2.05, 4.69) is 10.3 Å². The fourth-order valence-corrected chi connectivity index (χ4v) is 1.76. The van der Waals surface area contributed by atoms with Gasteiger partial charge in [-0.15, -0.1) is 24.0 Å². The Kier molecular flexibility index (Phi) is 8.61. The van der Waals surface area contributed by atoms with Crippen molar-refractivity contribution < 1.29 is 9.15 Å². The zero-order valence-electron chi connectivity index (χ0n) is 12.6. The number of guanidine groups is 1. The molecule has 0 saturated heterocycles. The average Bonchev–Trinajstić information content (AvgIpc) is 2.98. The van der Waals surface area contributed by atoms with E-state index in [1.807, 2.05) is 43.3 Å². The maximum atomic E-state index is 5.82. The van der Waals surface area contributed by atoms with Crippen molar-refractivity contribution in [2.75, 3.05) is 18.5 Å². The summed E-state index contributed by atoms with van der Waals surface area (Å²) < 4.78 is 10.6. The van der Waals surface area contributed by atoms with Gasteiger partial charge in [0.05, 0.1) is 6.26 Å². The Balaban J connectivity index is 0.00000242. The second kappa shape index (κ2) is 10.2. The molecule has 0 spiro atoms. The predicted molar refractivity (Wildman–Crippen MR) is 99.7 cm³/mol. The Labute approximate surface area is 148 Å². The highest BCUT2D eigenvalue weighted by Gasteiger charge is 1.96. The van der Waals surface area contributed by atoms with Crippen LogP contribution in [-0.2, 0) is 11.3 Å². The van der Waals surface area contributed by atoms with Crippen LogP contribution in [0.1, 0.15) is 17.7 Å². The normalized spacial score (nSPS) is 11.0. The summed E-state index contributed by atoms with van der Waals surface area (Å²) in [5.41, 5.74) is 7.97. The van der Waals surface area contributed by atoms with Crippen LogP contribution in [0.5, 0.6) is 0 Å². The van der Waals surface area contributed by atoms with Crippen LogP contribution < -0.4 is 11.1 Å². The van der Waals surface area contributed by atoms with E-state index in [-0.39, 0.29) is 24.0 Å². The lowest BCUT2D eigenvalue weighted by Crippen LogP contribution is -2.22. The zero-order valence-corrected chi connectivity index (χ0v) is 14.9. The first-order chi connectivity index (χ1) is 10.2. The highest BCUT2D eigenvalue weighted by Crippen LogP contribution is 2.07. The Hall–Kier alpha value is -1.54. The molecule has 0 atom stereocenters. The summed E-state index contributed by atoms with van der Waals surface area (Å²) in [6.45, 7) is 3.79. The second-order valence-corrected chi connectivity index (χ2v) is 4.74. The topological polar surface area (TPSA) is 72.8 Å². The quantitative estimate of drug-likeness (QED) is 0.314. The zero-order chi connectivity index (χ0) is 14.9. The summed E-state index contributed by atoms with van der Waals surface area (Å²) in [6, 6.07) is 11.7. The van der Waals surface area contributed by atoms with Gasteiger partial charge in [-0.1, -0.05) is 17.7 Å². The number of aliphatic imine (C=N–C) groups is 1. The lowest BCUT2D eigenvalue weighted by molar-refractivity contribution is 0.105. The van der Waals surface area contributed by atoms with E-state index in [1.165, 1.54) is 5.56 Å². The third kappa shape index (κ3) is 6.95. The molecule has 2 rings (SSSR count). The van der Waals surface area contributed by atoms with E-state index in [9.17, 15) is 0 Å². The summed E-state index contributed by atoms with van der Waals surface area (Å²) in [6.07, 6.45) is 2.46. The van der Waals surface area contributed by atoms with Gasteiger partial charge in [0, 0.05) is 18.8 Å². The SMILES string of the molecule is Cc1ccc(NC(N)=NCCCOCc2ccco2)cc1.I. The van der Waals surface area contributed by atoms with Crippen LogP contribution >= 0.6 is 24.0 Å². The van der Waals surface area contributed by atoms with Crippen molar-refractivity contribution in [2.24, 2.45) is 10.7 Å². The van der Waals surface area contributed by atoms with Crippen LogP contribution in [0.15, 0.2) is 52.1 Å². The monoisotopic (exact) mass is 415 g/mol. The lowest BCUT2D eigenvalue weighted by Gasteiger charge is -2.06. The van der Waals surface area contributed by atoms with Gasteiger partial charge in [-0.2, -0.15) is 0 Å². The second-order valence-electron chi connectivity index (χ2n) is 4.74. The maximum absolute atomic E-state index is 5.82. The van der Waals surface area contributed by atoms with Crippen LogP contribution in [-0.4, -0.2) is 19.1 Å². The molecule has 0 unspecified atom stereocenters. The van der Waals surface area contributed by atoms with Gasteiger partial charge in [-0.25, -0.2) is 0 Å². The number of aryl methyl sites for hydroxylation is 1. The highest BCUT2D eigenvalue weighted by molar-refractivity contribution is 14.0. The van der Waals surface area contributed by atoms with E-state index in [4.69, 9.17) is 14.9 Å². The smallest absolute Gasteiger partial charge is 0.193 e. The van der Waals surface area contributed by atoms with Crippen LogP contribution in [0.25, 0.3) is 0 Å². The van der Waals surface area contributed by atoms with Crippen LogP contribution in [0.2, 0.25) is 0 Å². The largest absolute Gasteiger partial charge is 0.467 e. The minimum absolute atomic E-state index is 0. The standard InChI is InChI=1S/C16H21N3O2.HI/c1-13-5-7-14(8-6-13)19-16(17)18-9-3-10-20-12-15-4-2-11-21-15;/h2,4-8,11H,3,9-10,12H2,1H3,(H3,17,18,19);1H. The summed E-state index contributed by atoms with van der Waals surface area (Å²) in [4.78, 5) is 4.26. The van der Waals surface area contributed by atoms with Gasteiger partial charge in [0.15, 0.2) is 5.96 Å². The van der Waals surface area contributed by atoms with Crippen molar-refractivity contribution in [3.8, 4) is 0 Å². The molecule has 0 aliphatic carbocycles. The molecule has 0 aliphatic heterocycles. The molecule has 6 heteroatoms. The van der Waals surface area contributed by atoms with Gasteiger partial charge in [0.1, 0.15) is 12.4 Å². The Bertz CT molecular complexity index is 553. The molecule has 0 saturated carbocycles. The average molecular weight is 415 g/mol. The fraction of sp³-hybridized carbons (Fsp3) is 0.312. The van der Waals surface area contributed by atoms with Crippen molar-refractivity contribution in [1.82, 2.24) is 0 Å². The van der Waals surface area contributed by atoms with Gasteiger partial charge in [0.25, 0.3) is 0 Å². The number of nitrogens with zero attached hydrogens (tertiary/aromatic N) is 1. The van der Waals surface area contributed by atoms with E-state index >= 15 is 0 Å². The predicted octanol–water partition coefficient (Wildman–Crippen LogP) is 3.54. The van der Waals surface area contributed by atoms with Crippen molar-refractivity contribution >= 4 is 35.6 Å². The molecule has 1 aromatic carbocycles. The van der Waals surface area contributed by atoms with Gasteiger partial charge >= 0.3 is 0 Å². The third-order valence-electron chi connectivity index (χ3n) is 2.88. The first-order valence-electron chi connectivity index (χ1n) is 6.98. The number of ether oxygens (including phenoxy) is 1. The van der Waals surface area contributed by atoms with E-state index < -0.39 is 0 Å². The molecule has 0 amide bonds. The molecule has 2 aromatic rings. The van der Waals surface area contributed by atoms with Gasteiger partial charge in [0.2, 0.25) is 0 Å². The molecule has 5 nitrogen and oxygen atoms in total. The molecule has 0 bridgehead atoms. The number of furan rings is 1. The van der Waals surface area contributed by atoms with Gasteiger partial charge in [-0.05, 0) is 37.6 Å². The van der Waals surface area contributed by atoms with Crippen molar-refractivity contribution in [1.29, 1.82) is 0 Å². The molecule has 1 heterocycles. The Morgan fingerprint density at radius 3 is 2.73 bits per heavy atom. The molecule has 0 fully saturated rings. The Morgan fingerprint density at radius 2 is 2.05 bits per heavy atom. The number of nitrogens with two attached hydrogens (primary N) is 1. The molecule has 0 radical (unpaired) electrons. The van der Waals surface area contributed by atoms with Gasteiger partial charge < -0.3 is 20.2 Å². The molecule has 3 N–H and O–H groups in total. The van der Waals surface area contributed by atoms with E-state index in [0.29, 0.717) is 25.7 Å². The number of rotatable bonds is 7. The van der Waals surface area contributed by atoms with Crippen LogP contribution in [0.4, 0.5) is 5.69 Å². The number of halogens is 1. The minimum Gasteiger partial charge on any atom is -0.467 e. The summed E-state index contributed by atoms with van der Waals surface area (Å²) in [5.74, 6) is 1.25. The number of nitrogens with one attached hydrogen (secondary N) is 1. The Morgan fingerprint density at radius 1 is 1.27 bits per heavy atom. The fourth-order valence-electron chi connectivity index (χ4n) is 1.76. The molecule has 0 aliphatic rings. The van der Waals surface area contributed by atoms with Crippen molar-refractivity contribution in [3.05, 3.63) is 54.0 Å². The van der Waals surface area contributed by atoms with E-state index in [1.54, 1.807) is 6.26 Å². The van der Waals surface area contributed by atoms with E-state index in [0.717, 1.165) is 17.9 Å². The van der Waals surface area contributed by atoms with Crippen molar-refractivity contribution in [3.63, 3.8) is 0 Å². The summed E-state index contributed by atoms with van der Waals surface area (Å²) in [7, 11) is 0. The van der Waals surface area contributed by atoms with Crippen LogP contribution in [0, 0.1) is 6.92 Å². The number of hydrogen-bond donors (Lipinski definition) is 2. The number of anilines is 1. The maximum Gasteiger partial charge on any atom is 0.193 e. The number of benzene rings is 1. The minimum atomic E-state index is 0. The molecular formula is C16H22IN3O2. The lowest BCUT2D eigenvalue weighted by atomic mass is 10.2. The molecular weight excluding hydrogens is 393 g/mol. The van der Waals surface area contributed by atoms with Gasteiger partial charge in [-0.3, -0.25) is 4.99 Å². The highest BCUT2D eigenvalue weighted by atomic mass is 127. The first-order valence-corrected chi connectivity index (χ1v) is 6.98. The summed E-state index contributed by atoms with van der Waals surface area (Å²) in [5, 5.41) is 3.05. The molecule has 120 valence electrons. The third-order valence-corrected chi connectivity index (χ3v) is 2.88. The van der Waals surface area contributed by atoms with Crippen LogP contribution in [0.3, 0.4) is 0 Å². The first kappa shape index (κ1) is 18.5. The molecule has 1 aromatic heterocycles. The molecule has 22 heavy (non-hydrogen) atoms. The summed E-state index contributed by atoms with van der Waals surface area (Å²) >= 11 is 0.